The van der Waals surface area contributed by atoms with Gasteiger partial charge in [-0.3, -0.25) is 24.0 Å². The third-order valence-electron chi connectivity index (χ3n) is 4.97. The van der Waals surface area contributed by atoms with Crippen molar-refractivity contribution in [1.29, 1.82) is 0 Å². The number of aromatic amines is 1. The molecule has 0 bridgehead atoms. The van der Waals surface area contributed by atoms with Crippen LogP contribution in [-0.2, 0) is 9.53 Å². The first-order chi connectivity index (χ1) is 13.6. The highest BCUT2D eigenvalue weighted by Crippen LogP contribution is 2.32. The molecule has 3 rings (SSSR count). The van der Waals surface area contributed by atoms with Crippen LogP contribution in [0.4, 0.5) is 5.95 Å². The summed E-state index contributed by atoms with van der Waals surface area (Å²) in [6, 6.07) is -1.07. The predicted octanol–water partition coefficient (Wildman–Crippen LogP) is -1.59. The van der Waals surface area contributed by atoms with Crippen LogP contribution in [0.3, 0.4) is 0 Å². The van der Waals surface area contributed by atoms with E-state index in [4.69, 9.17) is 10.5 Å². The lowest BCUT2D eigenvalue weighted by atomic mass is 10.1. The van der Waals surface area contributed by atoms with Gasteiger partial charge in [0.15, 0.2) is 17.4 Å². The van der Waals surface area contributed by atoms with Gasteiger partial charge in [-0.25, -0.2) is 4.98 Å². The van der Waals surface area contributed by atoms with E-state index in [1.165, 1.54) is 10.9 Å². The Labute approximate surface area is 170 Å². The van der Waals surface area contributed by atoms with E-state index >= 15 is 0 Å². The van der Waals surface area contributed by atoms with E-state index in [-0.39, 0.29) is 35.5 Å². The number of carboxylic acids is 1. The van der Waals surface area contributed by atoms with Gasteiger partial charge in [0.2, 0.25) is 5.95 Å². The van der Waals surface area contributed by atoms with Gasteiger partial charge in [-0.2, -0.15) is 17.6 Å². The number of ether oxygens (including phenoxy) is 1. The number of nitrogens with one attached hydrogen (secondary N) is 1. The summed E-state index contributed by atoms with van der Waals surface area (Å²) >= 11 is 4.11. The molecular weight excluding hydrogens is 404 g/mol. The van der Waals surface area contributed by atoms with E-state index in [1.54, 1.807) is 4.90 Å². The number of aliphatic hydroxyl groups excluding tert-OH is 2. The molecule has 1 saturated heterocycles. The van der Waals surface area contributed by atoms with Crippen LogP contribution in [0.5, 0.6) is 0 Å². The Hall–Kier alpha value is -2.19. The predicted molar refractivity (Wildman–Crippen MR) is 106 cm³/mol. The van der Waals surface area contributed by atoms with Gasteiger partial charge in [-0.05, 0) is 13.8 Å². The molecule has 0 unspecified atom stereocenters. The zero-order chi connectivity index (χ0) is 21.5. The first-order valence-electron chi connectivity index (χ1n) is 8.99. The number of nitrogens with zero attached hydrogens (tertiary/aromatic N) is 4. The summed E-state index contributed by atoms with van der Waals surface area (Å²) in [7, 11) is 0. The summed E-state index contributed by atoms with van der Waals surface area (Å²) in [4.78, 5) is 35.5. The molecule has 160 valence electrons. The summed E-state index contributed by atoms with van der Waals surface area (Å²) in [5.41, 5.74) is 5.16. The van der Waals surface area contributed by atoms with E-state index in [9.17, 15) is 24.9 Å². The van der Waals surface area contributed by atoms with Gasteiger partial charge >= 0.3 is 5.97 Å². The zero-order valence-electron chi connectivity index (χ0n) is 15.8. The summed E-state index contributed by atoms with van der Waals surface area (Å²) in [5, 5.41) is 30.5. The number of nitrogen functional groups attached to an aromatic ring is 1. The number of aliphatic hydroxyl groups is 2. The number of fused-ring (bicyclic) bond motifs is 1. The average Bonchev–Trinajstić information content (AvgIpc) is 3.17. The number of aromatic nitrogens is 4. The van der Waals surface area contributed by atoms with Crippen LogP contribution in [0.2, 0.25) is 0 Å². The van der Waals surface area contributed by atoms with E-state index < -0.39 is 42.1 Å². The molecule has 1 aliphatic heterocycles. The average molecular weight is 428 g/mol. The number of carboxylic acid groups (broad SMARTS) is 1. The standard InChI is InChI=1S/C16H24N6O6S/c1-6(2)21(7(4-29)15(26)27)3-8-10(23)11(24)14(28-8)22-5-18-9-12(22)19-16(17)20-13(9)25/h5-8,10-11,14,23-24,29H,3-4H2,1-2H3,(H,26,27)(H3,17,19,20,25)/t7-,8+,10+,11+,14+/m0/s1. The number of anilines is 1. The summed E-state index contributed by atoms with van der Waals surface area (Å²) in [6.07, 6.45) is -3.36. The molecule has 1 aliphatic rings. The molecule has 3 heterocycles. The van der Waals surface area contributed by atoms with E-state index in [0.717, 1.165) is 0 Å². The maximum Gasteiger partial charge on any atom is 0.321 e. The molecule has 0 aliphatic carbocycles. The van der Waals surface area contributed by atoms with Crippen molar-refractivity contribution >= 4 is 35.7 Å². The van der Waals surface area contributed by atoms with Crippen molar-refractivity contribution in [2.45, 2.75) is 50.5 Å². The minimum absolute atomic E-state index is 0.0118. The van der Waals surface area contributed by atoms with E-state index in [0.29, 0.717) is 0 Å². The Balaban J connectivity index is 1.89. The van der Waals surface area contributed by atoms with Crippen LogP contribution in [0.15, 0.2) is 11.1 Å². The van der Waals surface area contributed by atoms with Gasteiger partial charge in [0, 0.05) is 18.3 Å². The third kappa shape index (κ3) is 3.96. The fraction of sp³-hybridized carbons (Fsp3) is 0.625. The second kappa shape index (κ2) is 8.28. The Morgan fingerprint density at radius 1 is 1.45 bits per heavy atom. The summed E-state index contributed by atoms with van der Waals surface area (Å²) < 4.78 is 7.16. The van der Waals surface area contributed by atoms with Gasteiger partial charge in [-0.15, -0.1) is 0 Å². The maximum atomic E-state index is 12.0. The van der Waals surface area contributed by atoms with Crippen molar-refractivity contribution in [2.24, 2.45) is 0 Å². The highest BCUT2D eigenvalue weighted by atomic mass is 32.1. The van der Waals surface area contributed by atoms with Crippen molar-refractivity contribution in [1.82, 2.24) is 24.4 Å². The molecule has 2 aromatic rings. The summed E-state index contributed by atoms with van der Waals surface area (Å²) in [5.74, 6) is -1.10. The molecule has 0 aromatic carbocycles. The molecule has 6 N–H and O–H groups in total. The highest BCUT2D eigenvalue weighted by Gasteiger charge is 2.46. The quantitative estimate of drug-likeness (QED) is 0.282. The molecule has 0 saturated carbocycles. The number of nitrogens with two attached hydrogens (primary N) is 1. The SMILES string of the molecule is CC(C)N(C[C@H]1O[C@@H](n2cnc3c(=O)[nH]c(N)nc32)[C@H](O)[C@@H]1O)[C@@H](CS)C(=O)O. The number of imidazole rings is 1. The lowest BCUT2D eigenvalue weighted by molar-refractivity contribution is -0.144. The Morgan fingerprint density at radius 2 is 2.14 bits per heavy atom. The fourth-order valence-electron chi connectivity index (χ4n) is 3.47. The van der Waals surface area contributed by atoms with Crippen molar-refractivity contribution in [3.05, 3.63) is 16.7 Å². The topological polar surface area (TPSA) is 180 Å². The lowest BCUT2D eigenvalue weighted by Crippen LogP contribution is -2.51. The highest BCUT2D eigenvalue weighted by molar-refractivity contribution is 7.80. The first-order valence-corrected chi connectivity index (χ1v) is 9.62. The largest absolute Gasteiger partial charge is 0.480 e. The number of hydrogen-bond donors (Lipinski definition) is 6. The first kappa shape index (κ1) is 21.5. The molecule has 0 radical (unpaired) electrons. The van der Waals surface area contributed by atoms with Gasteiger partial charge in [0.1, 0.15) is 24.4 Å². The molecule has 1 fully saturated rings. The molecule has 29 heavy (non-hydrogen) atoms. The van der Waals surface area contributed by atoms with Crippen molar-refractivity contribution in [3.8, 4) is 0 Å². The molecule has 0 spiro atoms. The second-order valence-electron chi connectivity index (χ2n) is 7.15. The van der Waals surface area contributed by atoms with Crippen LogP contribution in [0, 0.1) is 0 Å². The van der Waals surface area contributed by atoms with Crippen molar-refractivity contribution in [3.63, 3.8) is 0 Å². The monoisotopic (exact) mass is 428 g/mol. The van der Waals surface area contributed by atoms with Crippen LogP contribution < -0.4 is 11.3 Å². The van der Waals surface area contributed by atoms with E-state index in [1.807, 2.05) is 13.8 Å². The van der Waals surface area contributed by atoms with Crippen LogP contribution in [-0.4, -0.2) is 88.4 Å². The zero-order valence-corrected chi connectivity index (χ0v) is 16.7. The number of thiol groups is 1. The molecule has 0 amide bonds. The molecule has 5 atom stereocenters. The molecule has 13 heteroatoms. The lowest BCUT2D eigenvalue weighted by Gasteiger charge is -2.34. The smallest absolute Gasteiger partial charge is 0.321 e. The minimum Gasteiger partial charge on any atom is -0.480 e. The van der Waals surface area contributed by atoms with Crippen molar-refractivity contribution < 1.29 is 24.9 Å². The molecule has 12 nitrogen and oxygen atoms in total. The normalized spacial score (nSPS) is 25.9. The van der Waals surface area contributed by atoms with Crippen LogP contribution >= 0.6 is 12.6 Å². The number of H-pyrrole nitrogens is 1. The maximum absolute atomic E-state index is 12.0. The number of hydrogen-bond acceptors (Lipinski definition) is 10. The van der Waals surface area contributed by atoms with Gasteiger partial charge < -0.3 is 25.8 Å². The Morgan fingerprint density at radius 3 is 2.72 bits per heavy atom. The summed E-state index contributed by atoms with van der Waals surface area (Å²) in [6.45, 7) is 3.68. The minimum atomic E-state index is -1.35. The van der Waals surface area contributed by atoms with Crippen molar-refractivity contribution in [2.75, 3.05) is 18.0 Å². The molecular formula is C16H24N6O6S. The number of aliphatic carboxylic acids is 1. The number of rotatable bonds is 7. The Bertz CT molecular complexity index is 948. The Kier molecular flexibility index (Phi) is 6.14. The van der Waals surface area contributed by atoms with Gasteiger partial charge in [0.05, 0.1) is 6.33 Å². The van der Waals surface area contributed by atoms with Crippen LogP contribution in [0.25, 0.3) is 11.2 Å². The fourth-order valence-corrected chi connectivity index (χ4v) is 3.84. The second-order valence-corrected chi connectivity index (χ2v) is 7.51. The van der Waals surface area contributed by atoms with E-state index in [2.05, 4.69) is 27.6 Å². The third-order valence-corrected chi connectivity index (χ3v) is 5.32. The number of carbonyl (C=O) groups is 1. The van der Waals surface area contributed by atoms with Gasteiger partial charge in [-0.1, -0.05) is 0 Å². The molecule has 2 aromatic heterocycles. The van der Waals surface area contributed by atoms with Gasteiger partial charge in [0.25, 0.3) is 5.56 Å². The van der Waals surface area contributed by atoms with Crippen LogP contribution in [0.1, 0.15) is 20.1 Å².